The largest absolute Gasteiger partial charge is 0.384 e. The van der Waals surface area contributed by atoms with Crippen molar-refractivity contribution in [2.24, 2.45) is 0 Å². The fourth-order valence-electron chi connectivity index (χ4n) is 2.04. The Labute approximate surface area is 108 Å². The fourth-order valence-corrected chi connectivity index (χ4v) is 3.84. The second-order valence-electron chi connectivity index (χ2n) is 4.34. The van der Waals surface area contributed by atoms with E-state index >= 15 is 0 Å². The molecule has 0 spiro atoms. The molecule has 1 aliphatic carbocycles. The quantitative estimate of drug-likeness (QED) is 0.853. The molecule has 1 aromatic heterocycles. The van der Waals surface area contributed by atoms with Crippen LogP contribution in [0.3, 0.4) is 0 Å². The number of nitrogens with zero attached hydrogens (tertiary/aromatic N) is 2. The summed E-state index contributed by atoms with van der Waals surface area (Å²) in [5, 5.41) is 3.07. The van der Waals surface area contributed by atoms with Gasteiger partial charge < -0.3 is 5.32 Å². The predicted molar refractivity (Wildman–Crippen MR) is 71.0 cm³/mol. The van der Waals surface area contributed by atoms with Gasteiger partial charge in [0.2, 0.25) is 10.0 Å². The maximum Gasteiger partial charge on any atom is 0.246 e. The fraction of sp³-hybridized carbons (Fsp3) is 0.583. The van der Waals surface area contributed by atoms with E-state index in [1.54, 1.807) is 16.6 Å². The first-order chi connectivity index (χ1) is 8.61. The Hall–Kier alpha value is -1.14. The summed E-state index contributed by atoms with van der Waals surface area (Å²) >= 11 is 0. The number of sulfonamides is 1. The maximum absolute atomic E-state index is 12.6. The van der Waals surface area contributed by atoms with E-state index in [0.717, 1.165) is 12.8 Å². The summed E-state index contributed by atoms with van der Waals surface area (Å²) in [5.74, 6) is 0. The van der Waals surface area contributed by atoms with Crippen molar-refractivity contribution in [1.82, 2.24) is 9.29 Å². The SMILES string of the molecule is CCNc1ccncc1S(=O)(=O)N(CC)C1CC1. The molecule has 1 saturated carbocycles. The van der Waals surface area contributed by atoms with Crippen molar-refractivity contribution in [1.29, 1.82) is 0 Å². The van der Waals surface area contributed by atoms with E-state index in [2.05, 4.69) is 10.3 Å². The number of pyridine rings is 1. The lowest BCUT2D eigenvalue weighted by Gasteiger charge is -2.21. The van der Waals surface area contributed by atoms with Gasteiger partial charge in [-0.2, -0.15) is 4.31 Å². The third kappa shape index (κ3) is 2.49. The average molecular weight is 269 g/mol. The Morgan fingerprint density at radius 2 is 2.17 bits per heavy atom. The monoisotopic (exact) mass is 269 g/mol. The first kappa shape index (κ1) is 13.3. The number of aromatic nitrogens is 1. The molecule has 0 radical (unpaired) electrons. The minimum absolute atomic E-state index is 0.176. The molecule has 0 saturated heterocycles. The Kier molecular flexibility index (Phi) is 3.87. The first-order valence-electron chi connectivity index (χ1n) is 6.31. The van der Waals surface area contributed by atoms with Crippen molar-refractivity contribution in [3.63, 3.8) is 0 Å². The average Bonchev–Trinajstić information content (AvgIpc) is 3.15. The highest BCUT2D eigenvalue weighted by Gasteiger charge is 2.37. The van der Waals surface area contributed by atoms with Gasteiger partial charge in [-0.05, 0) is 25.8 Å². The van der Waals surface area contributed by atoms with Gasteiger partial charge in [-0.25, -0.2) is 8.42 Å². The van der Waals surface area contributed by atoms with Crippen LogP contribution in [0.15, 0.2) is 23.4 Å². The van der Waals surface area contributed by atoms with Crippen molar-refractivity contribution in [2.75, 3.05) is 18.4 Å². The lowest BCUT2D eigenvalue weighted by molar-refractivity contribution is 0.421. The minimum atomic E-state index is -3.43. The molecule has 18 heavy (non-hydrogen) atoms. The van der Waals surface area contributed by atoms with Crippen LogP contribution in [-0.4, -0.2) is 36.8 Å². The second-order valence-corrected chi connectivity index (χ2v) is 6.20. The molecule has 0 aliphatic heterocycles. The molecule has 6 heteroatoms. The summed E-state index contributed by atoms with van der Waals surface area (Å²) in [5.41, 5.74) is 0.631. The second kappa shape index (κ2) is 5.24. The van der Waals surface area contributed by atoms with Crippen molar-refractivity contribution >= 4 is 15.7 Å². The van der Waals surface area contributed by atoms with E-state index in [0.29, 0.717) is 18.8 Å². The number of hydrogen-bond acceptors (Lipinski definition) is 4. The van der Waals surface area contributed by atoms with Gasteiger partial charge >= 0.3 is 0 Å². The molecule has 0 aromatic carbocycles. The van der Waals surface area contributed by atoms with Crippen LogP contribution in [0, 0.1) is 0 Å². The van der Waals surface area contributed by atoms with Crippen molar-refractivity contribution in [3.8, 4) is 0 Å². The van der Waals surface area contributed by atoms with Crippen LogP contribution in [0.1, 0.15) is 26.7 Å². The molecule has 5 nitrogen and oxygen atoms in total. The molecule has 1 aromatic rings. The maximum atomic E-state index is 12.6. The predicted octanol–water partition coefficient (Wildman–Crippen LogP) is 1.69. The van der Waals surface area contributed by atoms with Gasteiger partial charge in [0.1, 0.15) is 4.90 Å². The summed E-state index contributed by atoms with van der Waals surface area (Å²) in [6.07, 6.45) is 4.95. The van der Waals surface area contributed by atoms with Crippen LogP contribution in [0.5, 0.6) is 0 Å². The summed E-state index contributed by atoms with van der Waals surface area (Å²) < 4.78 is 26.7. The van der Waals surface area contributed by atoms with Gasteiger partial charge in [0.25, 0.3) is 0 Å². The molecule has 0 unspecified atom stereocenters. The van der Waals surface area contributed by atoms with E-state index in [-0.39, 0.29) is 10.9 Å². The van der Waals surface area contributed by atoms with Crippen LogP contribution in [0.2, 0.25) is 0 Å². The smallest absolute Gasteiger partial charge is 0.246 e. The zero-order valence-corrected chi connectivity index (χ0v) is 11.6. The van der Waals surface area contributed by atoms with Gasteiger partial charge in [0.05, 0.1) is 5.69 Å². The molecular weight excluding hydrogens is 250 g/mol. The zero-order valence-electron chi connectivity index (χ0n) is 10.8. The van der Waals surface area contributed by atoms with E-state index < -0.39 is 10.0 Å². The van der Waals surface area contributed by atoms with E-state index in [1.807, 2.05) is 13.8 Å². The van der Waals surface area contributed by atoms with Crippen molar-refractivity contribution in [2.45, 2.75) is 37.6 Å². The summed E-state index contributed by atoms with van der Waals surface area (Å²) in [4.78, 5) is 4.22. The van der Waals surface area contributed by atoms with E-state index in [1.165, 1.54) is 6.20 Å². The number of nitrogens with one attached hydrogen (secondary N) is 1. The highest BCUT2D eigenvalue weighted by molar-refractivity contribution is 7.89. The molecule has 1 fully saturated rings. The van der Waals surface area contributed by atoms with Gasteiger partial charge in [-0.3, -0.25) is 4.98 Å². The van der Waals surface area contributed by atoms with Gasteiger partial charge in [0.15, 0.2) is 0 Å². The highest BCUT2D eigenvalue weighted by Crippen LogP contribution is 2.33. The Bertz CT molecular complexity index is 512. The molecule has 0 bridgehead atoms. The van der Waals surface area contributed by atoms with E-state index in [9.17, 15) is 8.42 Å². The third-order valence-electron chi connectivity index (χ3n) is 3.00. The molecule has 0 atom stereocenters. The van der Waals surface area contributed by atoms with Crippen molar-refractivity contribution < 1.29 is 8.42 Å². The Morgan fingerprint density at radius 1 is 1.44 bits per heavy atom. The Balaban J connectivity index is 2.39. The summed E-state index contributed by atoms with van der Waals surface area (Å²) in [6.45, 7) is 5.00. The summed E-state index contributed by atoms with van der Waals surface area (Å²) in [6, 6.07) is 1.88. The third-order valence-corrected chi connectivity index (χ3v) is 5.06. The number of rotatable bonds is 6. The molecule has 100 valence electrons. The Morgan fingerprint density at radius 3 is 2.72 bits per heavy atom. The van der Waals surface area contributed by atoms with E-state index in [4.69, 9.17) is 0 Å². The van der Waals surface area contributed by atoms with Gasteiger partial charge in [0, 0.05) is 31.5 Å². The van der Waals surface area contributed by atoms with Gasteiger partial charge in [-0.1, -0.05) is 6.92 Å². The first-order valence-corrected chi connectivity index (χ1v) is 7.75. The lowest BCUT2D eigenvalue weighted by atomic mass is 10.4. The lowest BCUT2D eigenvalue weighted by Crippen LogP contribution is -2.33. The molecule has 1 aliphatic rings. The molecule has 0 amide bonds. The van der Waals surface area contributed by atoms with Crippen LogP contribution < -0.4 is 5.32 Å². The topological polar surface area (TPSA) is 62.3 Å². The standard InChI is InChI=1S/C12H19N3O2S/c1-3-14-11-7-8-13-9-12(11)18(16,17)15(4-2)10-5-6-10/h7-10H,3-6H2,1-2H3,(H,13,14). The van der Waals surface area contributed by atoms with Crippen LogP contribution in [-0.2, 0) is 10.0 Å². The number of hydrogen-bond donors (Lipinski definition) is 1. The molecule has 2 rings (SSSR count). The van der Waals surface area contributed by atoms with Crippen LogP contribution in [0.4, 0.5) is 5.69 Å². The summed E-state index contributed by atoms with van der Waals surface area (Å²) in [7, 11) is -3.43. The molecular formula is C12H19N3O2S. The van der Waals surface area contributed by atoms with Crippen LogP contribution >= 0.6 is 0 Å². The molecule has 1 heterocycles. The van der Waals surface area contributed by atoms with Gasteiger partial charge in [-0.15, -0.1) is 0 Å². The minimum Gasteiger partial charge on any atom is -0.384 e. The number of anilines is 1. The zero-order chi connectivity index (χ0) is 13.2. The van der Waals surface area contributed by atoms with Crippen molar-refractivity contribution in [3.05, 3.63) is 18.5 Å². The molecule has 1 N–H and O–H groups in total. The normalized spacial score (nSPS) is 15.9. The highest BCUT2D eigenvalue weighted by atomic mass is 32.2. The van der Waals surface area contributed by atoms with Crippen LogP contribution in [0.25, 0.3) is 0 Å².